The number of nitrogens with one attached hydrogen (secondary N) is 1. The minimum absolute atomic E-state index is 0.286. The second kappa shape index (κ2) is 8.60. The second-order valence-corrected chi connectivity index (χ2v) is 8.95. The fraction of sp³-hybridized carbons (Fsp3) is 0.625. The molecule has 1 saturated carbocycles. The first-order valence-electron chi connectivity index (χ1n) is 10.9. The van der Waals surface area contributed by atoms with Crippen LogP contribution in [0.4, 0.5) is 0 Å². The van der Waals surface area contributed by atoms with Crippen molar-refractivity contribution in [2.24, 2.45) is 17.3 Å². The third-order valence-corrected chi connectivity index (χ3v) is 7.04. The van der Waals surface area contributed by atoms with E-state index in [1.165, 1.54) is 57.3 Å². The van der Waals surface area contributed by atoms with E-state index in [1.807, 2.05) is 0 Å². The standard InChI is InChI=1S/C24H34N2O/c27-23(25-15-7-12-20-8-3-1-4-9-20)22-18-24(22)13-16-26(17-14-24)19-21-10-5-2-6-11-21/h1-5,8-9,21-22H,6-7,10-19H2,(H,25,27). The summed E-state index contributed by atoms with van der Waals surface area (Å²) in [6, 6.07) is 10.5. The molecule has 1 aromatic rings. The van der Waals surface area contributed by atoms with Gasteiger partial charge >= 0.3 is 0 Å². The van der Waals surface area contributed by atoms with Crippen LogP contribution in [-0.4, -0.2) is 37.0 Å². The number of likely N-dealkylation sites (tertiary alicyclic amines) is 1. The maximum absolute atomic E-state index is 12.6. The van der Waals surface area contributed by atoms with E-state index < -0.39 is 0 Å². The van der Waals surface area contributed by atoms with Crippen LogP contribution in [0.15, 0.2) is 42.5 Å². The first-order chi connectivity index (χ1) is 13.3. The zero-order valence-electron chi connectivity index (χ0n) is 16.5. The molecule has 2 unspecified atom stereocenters. The summed E-state index contributed by atoms with van der Waals surface area (Å²) < 4.78 is 0. The molecule has 146 valence electrons. The molecular formula is C24H34N2O. The highest BCUT2D eigenvalue weighted by Crippen LogP contribution is 2.59. The lowest BCUT2D eigenvalue weighted by Gasteiger charge is -2.35. The van der Waals surface area contributed by atoms with E-state index in [4.69, 9.17) is 0 Å². The monoisotopic (exact) mass is 366 g/mol. The lowest BCUT2D eigenvalue weighted by molar-refractivity contribution is -0.123. The predicted octanol–water partition coefficient (Wildman–Crippen LogP) is 4.19. The molecule has 4 rings (SSSR count). The van der Waals surface area contributed by atoms with Gasteiger partial charge in [-0.1, -0.05) is 42.5 Å². The van der Waals surface area contributed by atoms with Gasteiger partial charge in [-0.3, -0.25) is 4.79 Å². The Labute approximate surface area is 164 Å². The minimum atomic E-state index is 0.286. The van der Waals surface area contributed by atoms with Gasteiger partial charge < -0.3 is 10.2 Å². The highest BCUT2D eigenvalue weighted by Gasteiger charge is 2.58. The van der Waals surface area contributed by atoms with Gasteiger partial charge in [0.05, 0.1) is 0 Å². The van der Waals surface area contributed by atoms with E-state index >= 15 is 0 Å². The molecule has 0 radical (unpaired) electrons. The average molecular weight is 367 g/mol. The zero-order valence-corrected chi connectivity index (χ0v) is 16.5. The van der Waals surface area contributed by atoms with E-state index in [-0.39, 0.29) is 5.92 Å². The van der Waals surface area contributed by atoms with Crippen molar-refractivity contribution in [2.45, 2.75) is 51.4 Å². The van der Waals surface area contributed by atoms with Crippen LogP contribution in [0, 0.1) is 17.3 Å². The van der Waals surface area contributed by atoms with E-state index in [1.54, 1.807) is 0 Å². The summed E-state index contributed by atoms with van der Waals surface area (Å²) in [6.45, 7) is 4.45. The number of rotatable bonds is 7. The molecule has 2 atom stereocenters. The SMILES string of the molecule is O=C(NCCCc1ccccc1)C1CC12CCN(CC1CC=CCC1)CC2. The Balaban J connectivity index is 1.14. The van der Waals surface area contributed by atoms with Gasteiger partial charge in [0, 0.05) is 19.0 Å². The average Bonchev–Trinajstić information content (AvgIpc) is 3.42. The van der Waals surface area contributed by atoms with Crippen molar-refractivity contribution in [1.29, 1.82) is 0 Å². The number of allylic oxidation sites excluding steroid dienone is 2. The van der Waals surface area contributed by atoms with E-state index in [2.05, 4.69) is 52.7 Å². The van der Waals surface area contributed by atoms with Crippen LogP contribution in [0.25, 0.3) is 0 Å². The van der Waals surface area contributed by atoms with Crippen LogP contribution in [0.1, 0.15) is 50.5 Å². The second-order valence-electron chi connectivity index (χ2n) is 8.95. The molecular weight excluding hydrogens is 332 g/mol. The van der Waals surface area contributed by atoms with Crippen molar-refractivity contribution in [3.8, 4) is 0 Å². The van der Waals surface area contributed by atoms with Gasteiger partial charge in [0.25, 0.3) is 0 Å². The molecule has 27 heavy (non-hydrogen) atoms. The van der Waals surface area contributed by atoms with Gasteiger partial charge in [0.1, 0.15) is 0 Å². The lowest BCUT2D eigenvalue weighted by Crippen LogP contribution is -2.39. The zero-order chi connectivity index (χ0) is 18.5. The first-order valence-corrected chi connectivity index (χ1v) is 10.9. The van der Waals surface area contributed by atoms with Crippen molar-refractivity contribution < 1.29 is 4.79 Å². The summed E-state index contributed by atoms with van der Waals surface area (Å²) >= 11 is 0. The van der Waals surface area contributed by atoms with Crippen molar-refractivity contribution in [3.63, 3.8) is 0 Å². The van der Waals surface area contributed by atoms with E-state index in [0.717, 1.165) is 31.7 Å². The quantitative estimate of drug-likeness (QED) is 0.579. The Morgan fingerprint density at radius 1 is 1.15 bits per heavy atom. The fourth-order valence-electron chi connectivity index (χ4n) is 5.11. The number of amides is 1. The summed E-state index contributed by atoms with van der Waals surface area (Å²) in [5, 5.41) is 3.20. The Morgan fingerprint density at radius 3 is 2.70 bits per heavy atom. The molecule has 3 heteroatoms. The molecule has 2 aliphatic carbocycles. The van der Waals surface area contributed by atoms with E-state index in [9.17, 15) is 4.79 Å². The number of hydrogen-bond donors (Lipinski definition) is 1. The molecule has 1 amide bonds. The maximum Gasteiger partial charge on any atom is 0.223 e. The van der Waals surface area contributed by atoms with Crippen molar-refractivity contribution in [3.05, 3.63) is 48.0 Å². The Bertz CT molecular complexity index is 646. The summed E-state index contributed by atoms with van der Waals surface area (Å²) in [5.41, 5.74) is 1.70. The van der Waals surface area contributed by atoms with Crippen molar-refractivity contribution in [2.75, 3.05) is 26.2 Å². The lowest BCUT2D eigenvalue weighted by atomic mass is 9.88. The number of hydrogen-bond acceptors (Lipinski definition) is 2. The number of piperidine rings is 1. The Morgan fingerprint density at radius 2 is 1.96 bits per heavy atom. The van der Waals surface area contributed by atoms with Crippen molar-refractivity contribution >= 4 is 5.91 Å². The number of benzene rings is 1. The van der Waals surface area contributed by atoms with Crippen LogP contribution in [-0.2, 0) is 11.2 Å². The fourth-order valence-corrected chi connectivity index (χ4v) is 5.11. The summed E-state index contributed by atoms with van der Waals surface area (Å²) in [5.74, 6) is 1.45. The van der Waals surface area contributed by atoms with Gasteiger partial charge in [-0.05, 0) is 81.4 Å². The van der Waals surface area contributed by atoms with Crippen LogP contribution in [0.3, 0.4) is 0 Å². The molecule has 2 fully saturated rings. The van der Waals surface area contributed by atoms with Gasteiger partial charge in [-0.25, -0.2) is 0 Å². The van der Waals surface area contributed by atoms with Gasteiger partial charge in [-0.15, -0.1) is 0 Å². The van der Waals surface area contributed by atoms with Gasteiger partial charge in [0.15, 0.2) is 0 Å². The smallest absolute Gasteiger partial charge is 0.223 e. The molecule has 1 N–H and O–H groups in total. The number of nitrogens with zero attached hydrogens (tertiary/aromatic N) is 1. The number of carbonyl (C=O) groups is 1. The third-order valence-electron chi connectivity index (χ3n) is 7.04. The number of aryl methyl sites for hydroxylation is 1. The molecule has 1 saturated heterocycles. The molecule has 0 bridgehead atoms. The predicted molar refractivity (Wildman–Crippen MR) is 110 cm³/mol. The van der Waals surface area contributed by atoms with Crippen LogP contribution in [0.5, 0.6) is 0 Å². The highest BCUT2D eigenvalue weighted by molar-refractivity contribution is 5.82. The Kier molecular flexibility index (Phi) is 5.97. The molecule has 0 aromatic heterocycles. The molecule has 1 heterocycles. The molecule has 3 aliphatic rings. The van der Waals surface area contributed by atoms with Crippen LogP contribution < -0.4 is 5.32 Å². The van der Waals surface area contributed by atoms with Crippen molar-refractivity contribution in [1.82, 2.24) is 10.2 Å². The van der Waals surface area contributed by atoms with Crippen LogP contribution in [0.2, 0.25) is 0 Å². The Hall–Kier alpha value is -1.61. The minimum Gasteiger partial charge on any atom is -0.356 e. The van der Waals surface area contributed by atoms with Gasteiger partial charge in [0.2, 0.25) is 5.91 Å². The molecule has 1 spiro atoms. The summed E-state index contributed by atoms with van der Waals surface area (Å²) in [6.07, 6.45) is 14.2. The normalized spacial score (nSPS) is 26.8. The van der Waals surface area contributed by atoms with Gasteiger partial charge in [-0.2, -0.15) is 0 Å². The number of carbonyl (C=O) groups excluding carboxylic acids is 1. The van der Waals surface area contributed by atoms with Crippen LogP contribution >= 0.6 is 0 Å². The maximum atomic E-state index is 12.6. The largest absolute Gasteiger partial charge is 0.356 e. The molecule has 3 nitrogen and oxygen atoms in total. The van der Waals surface area contributed by atoms with E-state index in [0.29, 0.717) is 11.3 Å². The summed E-state index contributed by atoms with van der Waals surface area (Å²) in [7, 11) is 0. The summed E-state index contributed by atoms with van der Waals surface area (Å²) in [4.78, 5) is 15.2. The molecule has 1 aliphatic heterocycles. The topological polar surface area (TPSA) is 32.3 Å². The highest BCUT2D eigenvalue weighted by atomic mass is 16.2. The molecule has 1 aromatic carbocycles. The first kappa shape index (κ1) is 18.7. The third kappa shape index (κ3) is 4.82.